The Hall–Kier alpha value is -2.60. The maximum Gasteiger partial charge on any atom is 0.407 e. The first-order valence-corrected chi connectivity index (χ1v) is 9.95. The van der Waals surface area contributed by atoms with Gasteiger partial charge in [-0.15, -0.1) is 0 Å². The predicted molar refractivity (Wildman–Crippen MR) is 104 cm³/mol. The van der Waals surface area contributed by atoms with Crippen molar-refractivity contribution in [1.82, 2.24) is 15.6 Å². The van der Waals surface area contributed by atoms with Gasteiger partial charge in [-0.3, -0.25) is 4.79 Å². The Morgan fingerprint density at radius 3 is 2.93 bits per heavy atom. The van der Waals surface area contributed by atoms with Crippen LogP contribution in [-0.2, 0) is 16.0 Å². The zero-order chi connectivity index (χ0) is 20.1. The monoisotopic (exact) mass is 448 g/mol. The fourth-order valence-electron chi connectivity index (χ4n) is 2.62. The molecule has 2 aromatic rings. The van der Waals surface area contributed by atoms with Gasteiger partial charge >= 0.3 is 6.09 Å². The molecule has 0 radical (unpaired) electrons. The van der Waals surface area contributed by atoms with Crippen LogP contribution in [0.5, 0.6) is 0 Å². The van der Waals surface area contributed by atoms with Crippen LogP contribution in [0.1, 0.15) is 38.5 Å². The SMILES string of the molecule is CCCCOC(=O)N[C@@H](Cc1nc2ccc(Br)cc2o1)C(=O)NC1(C#N)CC1. The van der Waals surface area contributed by atoms with Crippen LogP contribution in [0.2, 0.25) is 0 Å². The first-order valence-electron chi connectivity index (χ1n) is 9.16. The van der Waals surface area contributed by atoms with E-state index in [0.29, 0.717) is 29.8 Å². The molecule has 1 atom stereocenters. The van der Waals surface area contributed by atoms with Crippen LogP contribution in [-0.4, -0.2) is 35.2 Å². The second-order valence-corrected chi connectivity index (χ2v) is 7.71. The summed E-state index contributed by atoms with van der Waals surface area (Å²) in [6, 6.07) is 6.56. The number of ether oxygens (including phenoxy) is 1. The van der Waals surface area contributed by atoms with E-state index in [2.05, 4.69) is 37.6 Å². The van der Waals surface area contributed by atoms with Gasteiger partial charge in [0, 0.05) is 4.47 Å². The van der Waals surface area contributed by atoms with Crippen LogP contribution < -0.4 is 10.6 Å². The highest BCUT2D eigenvalue weighted by Gasteiger charge is 2.46. The van der Waals surface area contributed by atoms with Crippen molar-refractivity contribution in [2.24, 2.45) is 0 Å². The molecule has 0 bridgehead atoms. The Kier molecular flexibility index (Phi) is 6.19. The van der Waals surface area contributed by atoms with E-state index in [1.54, 1.807) is 12.1 Å². The van der Waals surface area contributed by atoms with Crippen LogP contribution in [0.25, 0.3) is 11.1 Å². The van der Waals surface area contributed by atoms with Crippen molar-refractivity contribution in [3.63, 3.8) is 0 Å². The fraction of sp³-hybridized carbons (Fsp3) is 0.474. The van der Waals surface area contributed by atoms with Crippen molar-refractivity contribution < 1.29 is 18.7 Å². The number of carbonyl (C=O) groups excluding carboxylic acids is 2. The van der Waals surface area contributed by atoms with Gasteiger partial charge < -0.3 is 19.8 Å². The quantitative estimate of drug-likeness (QED) is 0.598. The molecule has 1 heterocycles. The van der Waals surface area contributed by atoms with Crippen LogP contribution in [0.15, 0.2) is 27.1 Å². The highest BCUT2D eigenvalue weighted by Crippen LogP contribution is 2.34. The normalized spacial score (nSPS) is 15.5. The Balaban J connectivity index is 1.73. The van der Waals surface area contributed by atoms with Crippen LogP contribution in [0, 0.1) is 11.3 Å². The van der Waals surface area contributed by atoms with E-state index >= 15 is 0 Å². The Bertz CT molecular complexity index is 916. The predicted octanol–water partition coefficient (Wildman–Crippen LogP) is 3.20. The minimum absolute atomic E-state index is 0.0442. The summed E-state index contributed by atoms with van der Waals surface area (Å²) in [5.41, 5.74) is 0.387. The molecule has 2 N–H and O–H groups in total. The van der Waals surface area contributed by atoms with Gasteiger partial charge in [0.15, 0.2) is 11.5 Å². The van der Waals surface area contributed by atoms with Crippen LogP contribution in [0.4, 0.5) is 4.79 Å². The molecule has 1 aromatic carbocycles. The van der Waals surface area contributed by atoms with Gasteiger partial charge in [-0.2, -0.15) is 5.26 Å². The number of hydrogen-bond donors (Lipinski definition) is 2. The molecule has 8 nitrogen and oxygen atoms in total. The first kappa shape index (κ1) is 20.1. The third-order valence-corrected chi connectivity index (χ3v) is 4.93. The van der Waals surface area contributed by atoms with E-state index in [1.807, 2.05) is 13.0 Å². The van der Waals surface area contributed by atoms with Gasteiger partial charge in [0.2, 0.25) is 5.91 Å². The van der Waals surface area contributed by atoms with E-state index in [-0.39, 0.29) is 13.0 Å². The highest BCUT2D eigenvalue weighted by atomic mass is 79.9. The van der Waals surface area contributed by atoms with E-state index in [1.165, 1.54) is 0 Å². The Morgan fingerprint density at radius 1 is 1.46 bits per heavy atom. The molecule has 1 aliphatic rings. The molecule has 9 heteroatoms. The van der Waals surface area contributed by atoms with E-state index < -0.39 is 23.6 Å². The molecule has 0 aliphatic heterocycles. The van der Waals surface area contributed by atoms with Gasteiger partial charge in [0.05, 0.1) is 19.1 Å². The number of fused-ring (bicyclic) bond motifs is 1. The number of nitriles is 1. The molecule has 0 unspecified atom stereocenters. The standard InChI is InChI=1S/C19H21BrN4O4/c1-2-3-8-27-18(26)23-14(17(25)24-19(11-21)6-7-19)10-16-22-13-5-4-12(20)9-15(13)28-16/h4-5,9,14H,2-3,6-8,10H2,1H3,(H,23,26)(H,24,25)/t14-/m0/s1. The second-order valence-electron chi connectivity index (χ2n) is 6.79. The molecule has 28 heavy (non-hydrogen) atoms. The van der Waals surface area contributed by atoms with Crippen LogP contribution in [0.3, 0.4) is 0 Å². The number of oxazole rings is 1. The number of alkyl carbamates (subject to hydrolysis) is 1. The lowest BCUT2D eigenvalue weighted by Gasteiger charge is -2.19. The van der Waals surface area contributed by atoms with Gasteiger partial charge in [-0.25, -0.2) is 9.78 Å². The largest absolute Gasteiger partial charge is 0.450 e. The molecular formula is C19H21BrN4O4. The molecule has 0 spiro atoms. The van der Waals surface area contributed by atoms with Crippen molar-refractivity contribution in [2.45, 2.75) is 50.6 Å². The molecule has 148 valence electrons. The number of amides is 2. The zero-order valence-corrected chi connectivity index (χ0v) is 17.0. The van der Waals surface area contributed by atoms with Gasteiger partial charge in [-0.1, -0.05) is 29.3 Å². The maximum atomic E-state index is 12.7. The molecule has 1 aliphatic carbocycles. The van der Waals surface area contributed by atoms with Crippen molar-refractivity contribution in [1.29, 1.82) is 5.26 Å². The number of unbranched alkanes of at least 4 members (excludes halogenated alkanes) is 1. The number of rotatable bonds is 8. The lowest BCUT2D eigenvalue weighted by molar-refractivity contribution is -0.123. The lowest BCUT2D eigenvalue weighted by atomic mass is 10.1. The Morgan fingerprint density at radius 2 is 2.25 bits per heavy atom. The molecule has 2 amide bonds. The van der Waals surface area contributed by atoms with Gasteiger partial charge in [-0.05, 0) is 37.5 Å². The smallest absolute Gasteiger partial charge is 0.407 e. The van der Waals surface area contributed by atoms with Crippen molar-refractivity contribution >= 4 is 39.0 Å². The van der Waals surface area contributed by atoms with Crippen molar-refractivity contribution in [2.75, 3.05) is 6.61 Å². The maximum absolute atomic E-state index is 12.7. The summed E-state index contributed by atoms with van der Waals surface area (Å²) in [4.78, 5) is 29.1. The summed E-state index contributed by atoms with van der Waals surface area (Å²) in [6.07, 6.45) is 2.18. The lowest BCUT2D eigenvalue weighted by Crippen LogP contribution is -2.51. The number of benzene rings is 1. The van der Waals surface area contributed by atoms with E-state index in [4.69, 9.17) is 9.15 Å². The summed E-state index contributed by atoms with van der Waals surface area (Å²) >= 11 is 3.37. The average molecular weight is 449 g/mol. The molecule has 1 saturated carbocycles. The molecule has 1 aromatic heterocycles. The zero-order valence-electron chi connectivity index (χ0n) is 15.5. The summed E-state index contributed by atoms with van der Waals surface area (Å²) in [7, 11) is 0. The number of nitrogens with one attached hydrogen (secondary N) is 2. The summed E-state index contributed by atoms with van der Waals surface area (Å²) in [5.74, 6) is -0.154. The molecule has 0 saturated heterocycles. The minimum atomic E-state index is -0.962. The fourth-order valence-corrected chi connectivity index (χ4v) is 2.96. The minimum Gasteiger partial charge on any atom is -0.450 e. The topological polar surface area (TPSA) is 117 Å². The summed E-state index contributed by atoms with van der Waals surface area (Å²) < 4.78 is 11.6. The molecular weight excluding hydrogens is 428 g/mol. The molecule has 3 rings (SSSR count). The van der Waals surface area contributed by atoms with Crippen molar-refractivity contribution in [3.05, 3.63) is 28.6 Å². The van der Waals surface area contributed by atoms with Gasteiger partial charge in [0.1, 0.15) is 17.1 Å². The first-order chi connectivity index (χ1) is 13.4. The Labute approximate surface area is 170 Å². The van der Waals surface area contributed by atoms with Crippen LogP contribution >= 0.6 is 15.9 Å². The van der Waals surface area contributed by atoms with Crippen molar-refractivity contribution in [3.8, 4) is 6.07 Å². The number of carbonyl (C=O) groups is 2. The molecule has 1 fully saturated rings. The highest BCUT2D eigenvalue weighted by molar-refractivity contribution is 9.10. The summed E-state index contributed by atoms with van der Waals surface area (Å²) in [6.45, 7) is 2.26. The number of nitrogens with zero attached hydrogens (tertiary/aromatic N) is 2. The third-order valence-electron chi connectivity index (χ3n) is 4.44. The third kappa shape index (κ3) is 5.01. The van der Waals surface area contributed by atoms with E-state index in [9.17, 15) is 14.9 Å². The summed E-state index contributed by atoms with van der Waals surface area (Å²) in [5, 5.41) is 14.5. The second kappa shape index (κ2) is 8.61. The average Bonchev–Trinajstić information content (AvgIpc) is 3.32. The number of halogens is 1. The van der Waals surface area contributed by atoms with E-state index in [0.717, 1.165) is 17.3 Å². The number of hydrogen-bond acceptors (Lipinski definition) is 6. The number of aromatic nitrogens is 1. The van der Waals surface area contributed by atoms with Gasteiger partial charge in [0.25, 0.3) is 0 Å².